The number of phenolic OH excluding ortho intramolecular Hbond substituents is 1. The van der Waals surface area contributed by atoms with Gasteiger partial charge in [-0.25, -0.2) is 0 Å². The average Bonchev–Trinajstić information content (AvgIpc) is 3.42. The zero-order valence-corrected chi connectivity index (χ0v) is 51.8. The molecule has 0 radical (unpaired) electrons. The van der Waals surface area contributed by atoms with Crippen molar-refractivity contribution in [3.63, 3.8) is 0 Å². The van der Waals surface area contributed by atoms with Gasteiger partial charge in [0.2, 0.25) is 29.5 Å². The molecular weight excluding hydrogens is 1070 g/mol. The summed E-state index contributed by atoms with van der Waals surface area (Å²) in [5.74, 6) is -4.13. The van der Waals surface area contributed by atoms with Gasteiger partial charge in [0.15, 0.2) is 5.78 Å². The van der Waals surface area contributed by atoms with E-state index >= 15 is 0 Å². The van der Waals surface area contributed by atoms with Crippen LogP contribution in [0.25, 0.3) is 5.73 Å². The molecule has 78 heavy (non-hydrogen) atoms. The van der Waals surface area contributed by atoms with Gasteiger partial charge in [0.1, 0.15) is 24.7 Å². The number of unbranched alkanes of at least 4 members (excludes halogenated alkanes) is 13. The molecule has 0 saturated carbocycles. The molecule has 5 amide bonds. The number of nitrogens with one attached hydrogen (secondary N) is 5. The van der Waals surface area contributed by atoms with Gasteiger partial charge < -0.3 is 61.9 Å². The van der Waals surface area contributed by atoms with Crippen molar-refractivity contribution in [2.45, 2.75) is 167 Å². The summed E-state index contributed by atoms with van der Waals surface area (Å²) in [6.45, 7) is 6.62. The SMILES string of the molecule is CCCCCCCC(=O)O.CCCCCCCCCCCC(=O)NCCOCCOCC(=O)NCCOCCOCC(=O)NCCCC[C@@H]1NC(=O)[C@@H]([NH-])CSSC[C@@H](C(=O)C[C@@H](Cc2ccc(O)cc2)C(N)=O)CC1=O.[HH].[HH].[K+]. The summed E-state index contributed by atoms with van der Waals surface area (Å²) in [5, 5.41) is 28.9. The van der Waals surface area contributed by atoms with Crippen molar-refractivity contribution in [3.05, 3.63) is 35.6 Å². The molecule has 1 aliphatic rings. The van der Waals surface area contributed by atoms with Crippen LogP contribution in [0.3, 0.4) is 0 Å². The van der Waals surface area contributed by atoms with Crippen LogP contribution < -0.4 is 78.4 Å². The number of nitrogens with two attached hydrogens (primary N) is 1. The molecule has 0 aromatic heterocycles. The van der Waals surface area contributed by atoms with Gasteiger partial charge in [0.25, 0.3) is 0 Å². The second kappa shape index (κ2) is 51.2. The van der Waals surface area contributed by atoms with E-state index in [2.05, 4.69) is 35.1 Å². The topological polar surface area (TPSA) is 312 Å². The fraction of sp³-hybridized carbons (Fsp3) is 0.745. The number of phenols is 1. The van der Waals surface area contributed by atoms with Crippen LogP contribution in [-0.2, 0) is 63.7 Å². The summed E-state index contributed by atoms with van der Waals surface area (Å²) in [5.41, 5.74) is 14.6. The predicted molar refractivity (Wildman–Crippen MR) is 305 cm³/mol. The van der Waals surface area contributed by atoms with Gasteiger partial charge in [0.05, 0.1) is 45.7 Å². The van der Waals surface area contributed by atoms with Crippen molar-refractivity contribution in [2.24, 2.45) is 17.6 Å². The number of ketones is 2. The third kappa shape index (κ3) is 43.1. The molecule has 0 aliphatic carbocycles. The third-order valence-electron chi connectivity index (χ3n) is 12.4. The monoisotopic (exact) mass is 1170 g/mol. The van der Waals surface area contributed by atoms with Gasteiger partial charge >= 0.3 is 57.4 Å². The first-order chi connectivity index (χ1) is 37.2. The molecule has 4 atom stereocenters. The summed E-state index contributed by atoms with van der Waals surface area (Å²) in [6.07, 6.45) is 18.4. The van der Waals surface area contributed by atoms with Crippen molar-refractivity contribution in [1.82, 2.24) is 21.3 Å². The van der Waals surface area contributed by atoms with Gasteiger partial charge in [-0.05, 0) is 68.0 Å². The van der Waals surface area contributed by atoms with Crippen LogP contribution in [0.15, 0.2) is 24.3 Å². The first-order valence-corrected chi connectivity index (χ1v) is 30.4. The average molecular weight is 1170 g/mol. The van der Waals surface area contributed by atoms with Crippen LogP contribution in [0.4, 0.5) is 0 Å². The summed E-state index contributed by atoms with van der Waals surface area (Å²) in [4.78, 5) is 98.4. The maximum Gasteiger partial charge on any atom is 1.00 e. The smallest absolute Gasteiger partial charge is 0.666 e. The van der Waals surface area contributed by atoms with Crippen LogP contribution in [-0.4, -0.2) is 153 Å². The Balaban J connectivity index is -0.00000413. The number of aromatic hydroxyl groups is 1. The molecule has 444 valence electrons. The van der Waals surface area contributed by atoms with E-state index in [1.165, 1.54) is 97.9 Å². The number of carboxylic acid groups (broad SMARTS) is 1. The maximum absolute atomic E-state index is 13.5. The fourth-order valence-corrected chi connectivity index (χ4v) is 10.2. The number of benzene rings is 1. The van der Waals surface area contributed by atoms with Crippen molar-refractivity contribution in [1.29, 1.82) is 0 Å². The standard InChI is InChI=1S/C47H77N6O12S2.C8H16O2.K.2H2/c1-2-3-4-5-6-7-8-9-10-14-43(57)51-20-22-62-24-27-65-32-45(59)52-21-23-63-25-26-64-31-44(58)50-19-12-11-13-40-42(56)30-37(33-66-67-34-39(48)47(61)53-40)41(55)29-36(46(49)60)28-35-15-17-38(54)18-16-35;1-2-3-4-5-6-7-8(9)10;;;/h15-18,36-37,39-40,48,54H,2-14,19-34H2,1H3,(H2,49,60)(H,50,58)(H,51,57)(H,52,59)(H,53,61);2-7H2,1H3,(H,9,10);;2*1H/q-1;;+1;;/t36-,37+,39+,40+;;;;/m1..../s1. The largest absolute Gasteiger partial charge is 1.00 e. The summed E-state index contributed by atoms with van der Waals surface area (Å²) in [6, 6.07) is 4.25. The number of hydrogen-bond acceptors (Lipinski definition) is 15. The first-order valence-electron chi connectivity index (χ1n) is 27.9. The van der Waals surface area contributed by atoms with E-state index in [1.807, 2.05) is 0 Å². The van der Waals surface area contributed by atoms with Gasteiger partial charge in [-0.15, -0.1) is 0 Å². The molecule has 1 fully saturated rings. The number of ether oxygens (including phenoxy) is 4. The van der Waals surface area contributed by atoms with Crippen LogP contribution in [0.1, 0.15) is 157 Å². The molecule has 1 aromatic rings. The Hall–Kier alpha value is -2.68. The van der Waals surface area contributed by atoms with Crippen molar-refractivity contribution in [2.75, 3.05) is 84.0 Å². The van der Waals surface area contributed by atoms with E-state index in [0.29, 0.717) is 52.0 Å². The molecule has 9 N–H and O–H groups in total. The molecule has 1 saturated heterocycles. The minimum Gasteiger partial charge on any atom is -0.666 e. The quantitative estimate of drug-likeness (QED) is 0.0272. The van der Waals surface area contributed by atoms with Gasteiger partial charge in [-0.2, -0.15) is 0 Å². The Kier molecular flexibility index (Phi) is 49.5. The Labute approximate surface area is 517 Å². The second-order valence-corrected chi connectivity index (χ2v) is 21.8. The minimum atomic E-state index is -1.10. The summed E-state index contributed by atoms with van der Waals surface area (Å²) < 4.78 is 21.6. The van der Waals surface area contributed by atoms with E-state index in [9.17, 15) is 43.5 Å². The summed E-state index contributed by atoms with van der Waals surface area (Å²) in [7, 11) is 2.59. The molecule has 0 spiro atoms. The van der Waals surface area contributed by atoms with E-state index in [-0.39, 0.29) is 173 Å². The molecule has 20 nitrogen and oxygen atoms in total. The fourth-order valence-electron chi connectivity index (χ4n) is 7.82. The van der Waals surface area contributed by atoms with E-state index in [1.54, 1.807) is 12.1 Å². The molecule has 23 heteroatoms. The number of aliphatic carboxylic acids is 1. The molecule has 0 unspecified atom stereocenters. The van der Waals surface area contributed by atoms with Gasteiger partial charge in [0, 0.05) is 65.8 Å². The second-order valence-electron chi connectivity index (χ2n) is 19.2. The van der Waals surface area contributed by atoms with Crippen LogP contribution in [0.5, 0.6) is 5.75 Å². The molecule has 1 aliphatic heterocycles. The van der Waals surface area contributed by atoms with Crippen molar-refractivity contribution < 1.29 is 122 Å². The number of amides is 5. The zero-order chi connectivity index (χ0) is 56.7. The molecule has 1 aromatic carbocycles. The Morgan fingerprint density at radius 2 is 1.18 bits per heavy atom. The van der Waals surface area contributed by atoms with E-state index < -0.39 is 41.7 Å². The normalized spacial score (nSPS) is 16.0. The zero-order valence-electron chi connectivity index (χ0n) is 47.1. The summed E-state index contributed by atoms with van der Waals surface area (Å²) >= 11 is 0. The number of carbonyl (C=O) groups is 8. The number of carboxylic acids is 1. The number of rotatable bonds is 43. The van der Waals surface area contributed by atoms with Crippen molar-refractivity contribution in [3.8, 4) is 5.75 Å². The van der Waals surface area contributed by atoms with E-state index in [4.69, 9.17) is 35.5 Å². The first kappa shape index (κ1) is 75.3. The van der Waals surface area contributed by atoms with Crippen LogP contribution in [0.2, 0.25) is 0 Å². The minimum absolute atomic E-state index is 0. The predicted octanol–water partition coefficient (Wildman–Crippen LogP) is 4.31. The molecule has 2 rings (SSSR count). The molecule has 1 heterocycles. The Morgan fingerprint density at radius 3 is 1.73 bits per heavy atom. The van der Waals surface area contributed by atoms with Gasteiger partial charge in [-0.3, -0.25) is 38.4 Å². The maximum atomic E-state index is 13.5. The molecule has 0 bridgehead atoms. The Morgan fingerprint density at radius 1 is 0.679 bits per heavy atom. The van der Waals surface area contributed by atoms with Crippen LogP contribution >= 0.6 is 21.6 Å². The van der Waals surface area contributed by atoms with Crippen LogP contribution in [0, 0.1) is 11.8 Å². The number of carbonyl (C=O) groups excluding carboxylic acids is 7. The third-order valence-corrected chi connectivity index (χ3v) is 14.9. The number of primary amides is 1. The Bertz CT molecular complexity index is 1820. The number of Topliss-reactive ketones (excluding diaryl/α,β-unsaturated/α-hetero) is 2. The number of hydrogen-bond donors (Lipinski definition) is 7. The van der Waals surface area contributed by atoms with Crippen molar-refractivity contribution >= 4 is 68.7 Å². The van der Waals surface area contributed by atoms with Gasteiger partial charge in [-0.1, -0.05) is 125 Å². The van der Waals surface area contributed by atoms with E-state index in [0.717, 1.165) is 31.2 Å². The molecular formula is C55H97KN6O14S2.